The van der Waals surface area contributed by atoms with Gasteiger partial charge in [0.1, 0.15) is 0 Å². The van der Waals surface area contributed by atoms with Gasteiger partial charge in [-0.05, 0) is 20.8 Å². The van der Waals surface area contributed by atoms with Gasteiger partial charge in [-0.15, -0.1) is 0 Å². The number of nitrogens with two attached hydrogens (primary N) is 1. The Bertz CT molecular complexity index is 177. The molecule has 15 heavy (non-hydrogen) atoms. The maximum absolute atomic E-state index is 9.29. The van der Waals surface area contributed by atoms with E-state index in [0.717, 1.165) is 26.2 Å². The van der Waals surface area contributed by atoms with Crippen LogP contribution in [0.25, 0.3) is 0 Å². The van der Waals surface area contributed by atoms with Crippen LogP contribution in [0, 0.1) is 0 Å². The molecule has 4 heteroatoms. The fraction of sp³-hybridized carbons (Fsp3) is 1.00. The van der Waals surface area contributed by atoms with Gasteiger partial charge in [0.25, 0.3) is 0 Å². The second-order valence-electron chi connectivity index (χ2n) is 4.77. The number of aliphatic hydroxyl groups is 1. The molecule has 0 aromatic heterocycles. The second kappa shape index (κ2) is 5.80. The van der Waals surface area contributed by atoms with Crippen molar-refractivity contribution in [2.24, 2.45) is 5.73 Å². The molecule has 1 heterocycles. The molecule has 2 atom stereocenters. The second-order valence-corrected chi connectivity index (χ2v) is 4.77. The SMILES string of the molecule is CC(N)C(CO)N1CCN(C(C)C)CC1. The minimum absolute atomic E-state index is 0.0422. The predicted octanol–water partition coefficient (Wildman–Crippen LogP) is -0.279. The first kappa shape index (κ1) is 12.9. The van der Waals surface area contributed by atoms with Crippen molar-refractivity contribution in [3.8, 4) is 0 Å². The number of hydrogen-bond acceptors (Lipinski definition) is 4. The van der Waals surface area contributed by atoms with Gasteiger partial charge >= 0.3 is 0 Å². The highest BCUT2D eigenvalue weighted by Crippen LogP contribution is 2.10. The molecule has 0 spiro atoms. The lowest BCUT2D eigenvalue weighted by Gasteiger charge is -2.41. The summed E-state index contributed by atoms with van der Waals surface area (Å²) in [6.07, 6.45) is 0. The third-order valence-corrected chi connectivity index (χ3v) is 3.34. The zero-order chi connectivity index (χ0) is 11.4. The quantitative estimate of drug-likeness (QED) is 0.677. The summed E-state index contributed by atoms with van der Waals surface area (Å²) in [5.41, 5.74) is 5.86. The molecule has 1 aliphatic rings. The van der Waals surface area contributed by atoms with Crippen LogP contribution in [0.15, 0.2) is 0 Å². The van der Waals surface area contributed by atoms with Crippen LogP contribution in [-0.4, -0.2) is 65.8 Å². The van der Waals surface area contributed by atoms with E-state index >= 15 is 0 Å². The van der Waals surface area contributed by atoms with E-state index in [-0.39, 0.29) is 18.7 Å². The highest BCUT2D eigenvalue weighted by atomic mass is 16.3. The van der Waals surface area contributed by atoms with Crippen molar-refractivity contribution in [2.45, 2.75) is 38.9 Å². The topological polar surface area (TPSA) is 52.7 Å². The highest BCUT2D eigenvalue weighted by Gasteiger charge is 2.26. The molecule has 1 rings (SSSR count). The molecule has 0 aromatic carbocycles. The third kappa shape index (κ3) is 3.41. The van der Waals surface area contributed by atoms with Gasteiger partial charge in [0.15, 0.2) is 0 Å². The number of nitrogens with zero attached hydrogens (tertiary/aromatic N) is 2. The maximum Gasteiger partial charge on any atom is 0.0601 e. The summed E-state index contributed by atoms with van der Waals surface area (Å²) in [5, 5.41) is 9.29. The van der Waals surface area contributed by atoms with Gasteiger partial charge in [0.2, 0.25) is 0 Å². The summed E-state index contributed by atoms with van der Waals surface area (Å²) in [6, 6.07) is 0.787. The molecular formula is C11H25N3O. The van der Waals surface area contributed by atoms with E-state index in [1.54, 1.807) is 0 Å². The molecule has 0 aromatic rings. The fourth-order valence-corrected chi connectivity index (χ4v) is 2.20. The van der Waals surface area contributed by atoms with Crippen LogP contribution in [0.4, 0.5) is 0 Å². The lowest BCUT2D eigenvalue weighted by Crippen LogP contribution is -2.57. The van der Waals surface area contributed by atoms with Gasteiger partial charge in [0.05, 0.1) is 6.61 Å². The molecule has 0 radical (unpaired) electrons. The Balaban J connectivity index is 2.42. The highest BCUT2D eigenvalue weighted by molar-refractivity contribution is 4.83. The molecule has 0 saturated carbocycles. The van der Waals surface area contributed by atoms with Crippen molar-refractivity contribution < 1.29 is 5.11 Å². The van der Waals surface area contributed by atoms with Gasteiger partial charge in [-0.1, -0.05) is 0 Å². The predicted molar refractivity (Wildman–Crippen MR) is 62.8 cm³/mol. The Morgan fingerprint density at radius 3 is 1.87 bits per heavy atom. The molecule has 90 valence electrons. The maximum atomic E-state index is 9.29. The van der Waals surface area contributed by atoms with E-state index in [1.165, 1.54) is 0 Å². The summed E-state index contributed by atoms with van der Waals surface area (Å²) in [4.78, 5) is 4.77. The molecule has 2 unspecified atom stereocenters. The zero-order valence-electron chi connectivity index (χ0n) is 10.2. The van der Waals surface area contributed by atoms with Crippen LogP contribution in [0.3, 0.4) is 0 Å². The molecule has 3 N–H and O–H groups in total. The van der Waals surface area contributed by atoms with Crippen LogP contribution >= 0.6 is 0 Å². The lowest BCUT2D eigenvalue weighted by atomic mass is 10.1. The Labute approximate surface area is 93.0 Å². The summed E-state index contributed by atoms with van der Waals surface area (Å²) >= 11 is 0. The number of piperazine rings is 1. The molecule has 4 nitrogen and oxygen atoms in total. The first-order valence-corrected chi connectivity index (χ1v) is 5.90. The molecular weight excluding hydrogens is 190 g/mol. The lowest BCUT2D eigenvalue weighted by molar-refractivity contribution is 0.0454. The van der Waals surface area contributed by atoms with Crippen molar-refractivity contribution in [3.63, 3.8) is 0 Å². The summed E-state index contributed by atoms with van der Waals surface area (Å²) in [5.74, 6) is 0. The van der Waals surface area contributed by atoms with E-state index in [9.17, 15) is 5.11 Å². The molecule has 0 aliphatic carbocycles. The van der Waals surface area contributed by atoms with E-state index < -0.39 is 0 Å². The summed E-state index contributed by atoms with van der Waals surface area (Å²) in [7, 11) is 0. The van der Waals surface area contributed by atoms with Crippen molar-refractivity contribution >= 4 is 0 Å². The van der Waals surface area contributed by atoms with Gasteiger partial charge in [-0.3, -0.25) is 9.80 Å². The summed E-state index contributed by atoms with van der Waals surface area (Å²) in [6.45, 7) is 10.8. The molecule has 0 amide bonds. The summed E-state index contributed by atoms with van der Waals surface area (Å²) < 4.78 is 0. The van der Waals surface area contributed by atoms with E-state index in [4.69, 9.17) is 5.73 Å². The zero-order valence-corrected chi connectivity index (χ0v) is 10.2. The Morgan fingerprint density at radius 1 is 1.07 bits per heavy atom. The van der Waals surface area contributed by atoms with Crippen LogP contribution in [0.1, 0.15) is 20.8 Å². The largest absolute Gasteiger partial charge is 0.395 e. The van der Waals surface area contributed by atoms with Crippen LogP contribution in [-0.2, 0) is 0 Å². The molecule has 1 fully saturated rings. The van der Waals surface area contributed by atoms with Crippen LogP contribution in [0.5, 0.6) is 0 Å². The van der Waals surface area contributed by atoms with Crippen molar-refractivity contribution in [1.82, 2.24) is 9.80 Å². The molecule has 1 aliphatic heterocycles. The first-order valence-electron chi connectivity index (χ1n) is 5.90. The van der Waals surface area contributed by atoms with Crippen molar-refractivity contribution in [3.05, 3.63) is 0 Å². The monoisotopic (exact) mass is 215 g/mol. The normalized spacial score (nSPS) is 24.4. The van der Waals surface area contributed by atoms with Gasteiger partial charge in [-0.2, -0.15) is 0 Å². The standard InChI is InChI=1S/C11H25N3O/c1-9(2)13-4-6-14(7-5-13)11(8-15)10(3)12/h9-11,15H,4-8,12H2,1-3H3. The Morgan fingerprint density at radius 2 is 1.53 bits per heavy atom. The number of aliphatic hydroxyl groups excluding tert-OH is 1. The van der Waals surface area contributed by atoms with Gasteiger partial charge < -0.3 is 10.8 Å². The average molecular weight is 215 g/mol. The minimum atomic E-state index is 0.0422. The fourth-order valence-electron chi connectivity index (χ4n) is 2.20. The Hall–Kier alpha value is -0.160. The smallest absolute Gasteiger partial charge is 0.0601 e. The van der Waals surface area contributed by atoms with E-state index in [2.05, 4.69) is 23.6 Å². The molecule has 1 saturated heterocycles. The van der Waals surface area contributed by atoms with Gasteiger partial charge in [0, 0.05) is 44.3 Å². The third-order valence-electron chi connectivity index (χ3n) is 3.34. The average Bonchev–Trinajstić information content (AvgIpc) is 2.19. The van der Waals surface area contributed by atoms with Crippen molar-refractivity contribution in [1.29, 1.82) is 0 Å². The Kier molecular flexibility index (Phi) is 4.99. The van der Waals surface area contributed by atoms with Crippen molar-refractivity contribution in [2.75, 3.05) is 32.8 Å². The van der Waals surface area contributed by atoms with E-state index in [1.807, 2.05) is 6.92 Å². The van der Waals surface area contributed by atoms with Gasteiger partial charge in [-0.25, -0.2) is 0 Å². The number of rotatable bonds is 4. The van der Waals surface area contributed by atoms with Crippen LogP contribution < -0.4 is 5.73 Å². The number of hydrogen-bond donors (Lipinski definition) is 2. The first-order chi connectivity index (χ1) is 7.06. The molecule has 0 bridgehead atoms. The minimum Gasteiger partial charge on any atom is -0.395 e. The van der Waals surface area contributed by atoms with E-state index in [0.29, 0.717) is 6.04 Å². The van der Waals surface area contributed by atoms with Crippen LogP contribution in [0.2, 0.25) is 0 Å².